The molecule has 1 fully saturated rings. The van der Waals surface area contributed by atoms with E-state index < -0.39 is 17.9 Å². The quantitative estimate of drug-likeness (QED) is 0.525. The fourth-order valence-corrected chi connectivity index (χ4v) is 3.40. The van der Waals surface area contributed by atoms with Crippen molar-refractivity contribution in [3.63, 3.8) is 0 Å². The Hall–Kier alpha value is -3.55. The van der Waals surface area contributed by atoms with Crippen molar-refractivity contribution in [1.82, 2.24) is 10.2 Å². The predicted molar refractivity (Wildman–Crippen MR) is 118 cm³/mol. The molecule has 2 amide bonds. The van der Waals surface area contributed by atoms with Crippen molar-refractivity contribution < 1.29 is 29.0 Å². The van der Waals surface area contributed by atoms with E-state index in [-0.39, 0.29) is 37.9 Å². The van der Waals surface area contributed by atoms with Crippen molar-refractivity contribution in [3.05, 3.63) is 60.2 Å². The molecule has 0 aliphatic heterocycles. The smallest absolute Gasteiger partial charge is 0.326 e. The molecular formula is C24H28N2O6. The van der Waals surface area contributed by atoms with E-state index in [1.165, 1.54) is 7.11 Å². The van der Waals surface area contributed by atoms with Crippen molar-refractivity contribution in [2.24, 2.45) is 0 Å². The molecule has 0 aromatic heterocycles. The van der Waals surface area contributed by atoms with Gasteiger partial charge in [-0.1, -0.05) is 42.5 Å². The van der Waals surface area contributed by atoms with Crippen LogP contribution in [-0.2, 0) is 20.8 Å². The van der Waals surface area contributed by atoms with Crippen LogP contribution in [0.5, 0.6) is 11.5 Å². The van der Waals surface area contributed by atoms with Crippen LogP contribution in [0.2, 0.25) is 0 Å². The second-order valence-corrected chi connectivity index (χ2v) is 7.66. The van der Waals surface area contributed by atoms with E-state index in [0.29, 0.717) is 11.5 Å². The van der Waals surface area contributed by atoms with Crippen molar-refractivity contribution in [3.8, 4) is 11.5 Å². The SMILES string of the molecule is COc1ccccc1OCC(=O)N(CCC(=O)NC(Cc1ccccc1)C(=O)O)C1CC1. The number of hydrogen-bond acceptors (Lipinski definition) is 5. The van der Waals surface area contributed by atoms with E-state index in [1.807, 2.05) is 36.4 Å². The summed E-state index contributed by atoms with van der Waals surface area (Å²) in [5.41, 5.74) is 0.823. The maximum absolute atomic E-state index is 12.7. The first-order chi connectivity index (χ1) is 15.5. The van der Waals surface area contributed by atoms with Gasteiger partial charge in [-0.15, -0.1) is 0 Å². The van der Waals surface area contributed by atoms with Gasteiger partial charge in [0.25, 0.3) is 5.91 Å². The van der Waals surface area contributed by atoms with Crippen LogP contribution in [-0.4, -0.2) is 60.1 Å². The molecular weight excluding hydrogens is 412 g/mol. The summed E-state index contributed by atoms with van der Waals surface area (Å²) < 4.78 is 10.8. The molecule has 8 heteroatoms. The average molecular weight is 440 g/mol. The van der Waals surface area contributed by atoms with Crippen molar-refractivity contribution in [1.29, 1.82) is 0 Å². The summed E-state index contributed by atoms with van der Waals surface area (Å²) >= 11 is 0. The van der Waals surface area contributed by atoms with Gasteiger partial charge >= 0.3 is 5.97 Å². The highest BCUT2D eigenvalue weighted by Crippen LogP contribution is 2.28. The van der Waals surface area contributed by atoms with E-state index >= 15 is 0 Å². The minimum Gasteiger partial charge on any atom is -0.493 e. The molecule has 0 saturated heterocycles. The van der Waals surface area contributed by atoms with Crippen LogP contribution in [0.25, 0.3) is 0 Å². The van der Waals surface area contributed by atoms with Gasteiger partial charge in [0.05, 0.1) is 7.11 Å². The number of carboxylic acid groups (broad SMARTS) is 1. The molecule has 1 atom stereocenters. The number of benzene rings is 2. The number of nitrogens with one attached hydrogen (secondary N) is 1. The number of hydrogen-bond donors (Lipinski definition) is 2. The van der Waals surface area contributed by atoms with Crippen LogP contribution in [0.15, 0.2) is 54.6 Å². The van der Waals surface area contributed by atoms with Gasteiger partial charge in [0, 0.05) is 25.4 Å². The minimum absolute atomic E-state index is 0.0233. The summed E-state index contributed by atoms with van der Waals surface area (Å²) in [5, 5.41) is 12.0. The van der Waals surface area contributed by atoms with Crippen LogP contribution >= 0.6 is 0 Å². The second kappa shape index (κ2) is 11.2. The lowest BCUT2D eigenvalue weighted by Gasteiger charge is -2.23. The maximum Gasteiger partial charge on any atom is 0.326 e. The highest BCUT2D eigenvalue weighted by atomic mass is 16.5. The summed E-state index contributed by atoms with van der Waals surface area (Å²) in [4.78, 5) is 38.3. The van der Waals surface area contributed by atoms with Gasteiger partial charge in [-0.3, -0.25) is 9.59 Å². The molecule has 0 heterocycles. The first kappa shape index (κ1) is 23.1. The third-order valence-corrected chi connectivity index (χ3v) is 5.22. The number of carbonyl (C=O) groups excluding carboxylic acids is 2. The molecule has 2 aromatic carbocycles. The standard InChI is InChI=1S/C24H28N2O6/c1-31-20-9-5-6-10-21(20)32-16-23(28)26(18-11-12-18)14-13-22(27)25-19(24(29)30)15-17-7-3-2-4-8-17/h2-10,18-19H,11-16H2,1H3,(H,25,27)(H,29,30). The fraction of sp³-hybridized carbons (Fsp3) is 0.375. The molecule has 170 valence electrons. The Bertz CT molecular complexity index is 929. The van der Waals surface area contributed by atoms with Gasteiger partial charge in [-0.2, -0.15) is 0 Å². The van der Waals surface area contributed by atoms with Gasteiger partial charge in [-0.05, 0) is 30.5 Å². The molecule has 2 aromatic rings. The first-order valence-electron chi connectivity index (χ1n) is 10.6. The van der Waals surface area contributed by atoms with Gasteiger partial charge in [0.15, 0.2) is 18.1 Å². The van der Waals surface area contributed by atoms with Gasteiger partial charge in [0.2, 0.25) is 5.91 Å². The second-order valence-electron chi connectivity index (χ2n) is 7.66. The summed E-state index contributed by atoms with van der Waals surface area (Å²) in [7, 11) is 1.53. The molecule has 8 nitrogen and oxygen atoms in total. The van der Waals surface area contributed by atoms with E-state index in [2.05, 4.69) is 5.32 Å². The Morgan fingerprint density at radius 3 is 2.34 bits per heavy atom. The Morgan fingerprint density at radius 2 is 1.72 bits per heavy atom. The van der Waals surface area contributed by atoms with Crippen LogP contribution in [0, 0.1) is 0 Å². The number of rotatable bonds is 12. The summed E-state index contributed by atoms with van der Waals surface area (Å²) in [6, 6.07) is 15.3. The highest BCUT2D eigenvalue weighted by molar-refractivity contribution is 5.84. The molecule has 1 saturated carbocycles. The lowest BCUT2D eigenvalue weighted by molar-refractivity contribution is -0.142. The third-order valence-electron chi connectivity index (χ3n) is 5.22. The first-order valence-corrected chi connectivity index (χ1v) is 10.6. The number of methoxy groups -OCH3 is 1. The van der Waals surface area contributed by atoms with Crippen molar-refractivity contribution >= 4 is 17.8 Å². The molecule has 0 radical (unpaired) electrons. The van der Waals surface area contributed by atoms with Gasteiger partial charge in [-0.25, -0.2) is 4.79 Å². The zero-order chi connectivity index (χ0) is 22.9. The van der Waals surface area contributed by atoms with Crippen LogP contribution in [0.4, 0.5) is 0 Å². The number of ether oxygens (including phenoxy) is 2. The van der Waals surface area contributed by atoms with Crippen molar-refractivity contribution in [2.45, 2.75) is 37.8 Å². The maximum atomic E-state index is 12.7. The third kappa shape index (κ3) is 6.73. The Morgan fingerprint density at radius 1 is 1.06 bits per heavy atom. The lowest BCUT2D eigenvalue weighted by Crippen LogP contribution is -2.44. The predicted octanol–water partition coefficient (Wildman–Crippen LogP) is 2.27. The number of carbonyl (C=O) groups is 3. The zero-order valence-corrected chi connectivity index (χ0v) is 18.0. The van der Waals surface area contributed by atoms with Crippen LogP contribution in [0.3, 0.4) is 0 Å². The molecule has 1 aliphatic rings. The van der Waals surface area contributed by atoms with E-state index in [4.69, 9.17) is 9.47 Å². The minimum atomic E-state index is -1.09. The monoisotopic (exact) mass is 440 g/mol. The van der Waals surface area contributed by atoms with Crippen molar-refractivity contribution in [2.75, 3.05) is 20.3 Å². The van der Waals surface area contributed by atoms with Crippen LogP contribution in [0.1, 0.15) is 24.8 Å². The largest absolute Gasteiger partial charge is 0.493 e. The molecule has 0 bridgehead atoms. The Labute approximate surface area is 187 Å². The number of carboxylic acids is 1. The number of aliphatic carboxylic acids is 1. The average Bonchev–Trinajstić information content (AvgIpc) is 3.63. The van der Waals surface area contributed by atoms with Gasteiger partial charge < -0.3 is 24.8 Å². The number of amides is 2. The lowest BCUT2D eigenvalue weighted by atomic mass is 10.1. The van der Waals surface area contributed by atoms with E-state index in [1.54, 1.807) is 23.1 Å². The normalized spacial score (nSPS) is 13.7. The van der Waals surface area contributed by atoms with Crippen LogP contribution < -0.4 is 14.8 Å². The molecule has 1 aliphatic carbocycles. The fourth-order valence-electron chi connectivity index (χ4n) is 3.40. The Kier molecular flexibility index (Phi) is 8.08. The molecule has 32 heavy (non-hydrogen) atoms. The summed E-state index contributed by atoms with van der Waals surface area (Å²) in [6.07, 6.45) is 1.98. The van der Waals surface area contributed by atoms with E-state index in [9.17, 15) is 19.5 Å². The van der Waals surface area contributed by atoms with Gasteiger partial charge in [0.1, 0.15) is 6.04 Å². The summed E-state index contributed by atoms with van der Waals surface area (Å²) in [6.45, 7) is 0.0482. The topological polar surface area (TPSA) is 105 Å². The number of nitrogens with zero attached hydrogens (tertiary/aromatic N) is 1. The summed E-state index contributed by atoms with van der Waals surface area (Å²) in [5.74, 6) is -0.705. The highest BCUT2D eigenvalue weighted by Gasteiger charge is 2.33. The molecule has 3 rings (SSSR count). The molecule has 0 spiro atoms. The Balaban J connectivity index is 1.51. The molecule has 2 N–H and O–H groups in total. The van der Waals surface area contributed by atoms with E-state index in [0.717, 1.165) is 18.4 Å². The zero-order valence-electron chi connectivity index (χ0n) is 18.0. The number of para-hydroxylation sites is 2. The molecule has 1 unspecified atom stereocenters.